The number of nitrogens with one attached hydrogen (secondary N) is 1. The van der Waals surface area contributed by atoms with Gasteiger partial charge in [0.05, 0.1) is 6.04 Å². The largest absolute Gasteiger partial charge is 0.508 e. The number of aromatic hydroxyl groups is 1. The van der Waals surface area contributed by atoms with Crippen molar-refractivity contribution in [2.24, 2.45) is 0 Å². The number of hydrogen-bond acceptors (Lipinski definition) is 3. The Morgan fingerprint density at radius 3 is 2.50 bits per heavy atom. The number of benzene rings is 1. The molecule has 0 aliphatic heterocycles. The summed E-state index contributed by atoms with van der Waals surface area (Å²) in [5.74, 6) is -0.0406. The number of aromatic nitrogens is 1. The number of amides is 1. The molecule has 1 amide bonds. The van der Waals surface area contributed by atoms with Crippen molar-refractivity contribution >= 4 is 5.91 Å². The number of nitrogens with zero attached hydrogens (tertiary/aromatic N) is 1. The Balaban J connectivity index is 2.22. The summed E-state index contributed by atoms with van der Waals surface area (Å²) in [7, 11) is 1.68. The maximum atomic E-state index is 12.3. The van der Waals surface area contributed by atoms with Crippen molar-refractivity contribution in [1.82, 2.24) is 9.88 Å². The van der Waals surface area contributed by atoms with Gasteiger partial charge in [0.25, 0.3) is 5.91 Å². The molecule has 0 radical (unpaired) electrons. The number of aromatic amines is 1. The third kappa shape index (κ3) is 2.88. The number of pyridine rings is 1. The first kappa shape index (κ1) is 13.9. The highest BCUT2D eigenvalue weighted by Crippen LogP contribution is 2.22. The van der Waals surface area contributed by atoms with Gasteiger partial charge in [-0.1, -0.05) is 12.1 Å². The fraction of sp³-hybridized carbons (Fsp3) is 0.200. The van der Waals surface area contributed by atoms with Crippen LogP contribution < -0.4 is 5.56 Å². The molecule has 0 bridgehead atoms. The quantitative estimate of drug-likeness (QED) is 0.896. The molecule has 1 unspecified atom stereocenters. The molecule has 5 heteroatoms. The SMILES string of the molecule is CC(c1ccc(O)cc1)N(C)C(=O)c1cc[nH]c(=O)c1. The Morgan fingerprint density at radius 1 is 1.25 bits per heavy atom. The van der Waals surface area contributed by atoms with E-state index in [-0.39, 0.29) is 23.3 Å². The summed E-state index contributed by atoms with van der Waals surface area (Å²) in [6.45, 7) is 1.89. The van der Waals surface area contributed by atoms with Gasteiger partial charge in [-0.25, -0.2) is 0 Å². The van der Waals surface area contributed by atoms with Crippen molar-refractivity contribution in [3.63, 3.8) is 0 Å². The zero-order chi connectivity index (χ0) is 14.7. The Kier molecular flexibility index (Phi) is 3.89. The highest BCUT2D eigenvalue weighted by atomic mass is 16.3. The van der Waals surface area contributed by atoms with E-state index in [1.54, 1.807) is 42.3 Å². The van der Waals surface area contributed by atoms with E-state index in [1.165, 1.54) is 12.3 Å². The number of H-pyrrole nitrogens is 1. The van der Waals surface area contributed by atoms with Gasteiger partial charge in [0.15, 0.2) is 0 Å². The smallest absolute Gasteiger partial charge is 0.254 e. The van der Waals surface area contributed by atoms with E-state index < -0.39 is 0 Å². The van der Waals surface area contributed by atoms with Crippen molar-refractivity contribution in [2.75, 3.05) is 7.05 Å². The van der Waals surface area contributed by atoms with Crippen molar-refractivity contribution in [3.8, 4) is 5.75 Å². The number of carbonyl (C=O) groups is 1. The van der Waals surface area contributed by atoms with Crippen LogP contribution in [0.15, 0.2) is 47.4 Å². The molecular weight excluding hydrogens is 256 g/mol. The molecule has 0 aliphatic rings. The molecule has 104 valence electrons. The van der Waals surface area contributed by atoms with Crippen LogP contribution in [0.4, 0.5) is 0 Å². The molecule has 1 atom stereocenters. The lowest BCUT2D eigenvalue weighted by molar-refractivity contribution is 0.0742. The van der Waals surface area contributed by atoms with Crippen LogP contribution in [0.2, 0.25) is 0 Å². The molecule has 0 spiro atoms. The number of phenolic OH excluding ortho intramolecular Hbond substituents is 1. The van der Waals surface area contributed by atoms with Gasteiger partial charge in [-0.3, -0.25) is 9.59 Å². The molecule has 0 saturated carbocycles. The van der Waals surface area contributed by atoms with Crippen LogP contribution in [0, 0.1) is 0 Å². The number of rotatable bonds is 3. The zero-order valence-corrected chi connectivity index (χ0v) is 11.3. The van der Waals surface area contributed by atoms with Crippen LogP contribution in [0.25, 0.3) is 0 Å². The molecule has 2 rings (SSSR count). The van der Waals surface area contributed by atoms with Crippen molar-refractivity contribution < 1.29 is 9.90 Å². The average molecular weight is 272 g/mol. The van der Waals surface area contributed by atoms with Gasteiger partial charge in [-0.2, -0.15) is 0 Å². The fourth-order valence-electron chi connectivity index (χ4n) is 1.93. The molecule has 1 aromatic carbocycles. The molecule has 0 fully saturated rings. The monoisotopic (exact) mass is 272 g/mol. The molecule has 1 aromatic heterocycles. The first-order chi connectivity index (χ1) is 9.49. The summed E-state index contributed by atoms with van der Waals surface area (Å²) in [6.07, 6.45) is 1.45. The highest BCUT2D eigenvalue weighted by Gasteiger charge is 2.19. The summed E-state index contributed by atoms with van der Waals surface area (Å²) in [5.41, 5.74) is 0.951. The van der Waals surface area contributed by atoms with Gasteiger partial charge >= 0.3 is 0 Å². The lowest BCUT2D eigenvalue weighted by Crippen LogP contribution is -2.30. The lowest BCUT2D eigenvalue weighted by atomic mass is 10.1. The Labute approximate surface area is 116 Å². The van der Waals surface area contributed by atoms with E-state index >= 15 is 0 Å². The third-order valence-corrected chi connectivity index (χ3v) is 3.30. The van der Waals surface area contributed by atoms with Crippen LogP contribution in [0.5, 0.6) is 5.75 Å². The standard InChI is InChI=1S/C15H16N2O3/c1-10(11-3-5-13(18)6-4-11)17(2)15(20)12-7-8-16-14(19)9-12/h3-10,18H,1-2H3,(H,16,19). The average Bonchev–Trinajstić information content (AvgIpc) is 2.46. The van der Waals surface area contributed by atoms with Crippen LogP contribution >= 0.6 is 0 Å². The first-order valence-electron chi connectivity index (χ1n) is 6.24. The Hall–Kier alpha value is -2.56. The second-order valence-electron chi connectivity index (χ2n) is 4.63. The van der Waals surface area contributed by atoms with Gasteiger partial charge < -0.3 is 15.0 Å². The minimum Gasteiger partial charge on any atom is -0.508 e. The van der Waals surface area contributed by atoms with Crippen LogP contribution in [-0.2, 0) is 0 Å². The molecule has 0 aliphatic carbocycles. The second kappa shape index (κ2) is 5.61. The topological polar surface area (TPSA) is 73.4 Å². The number of carbonyl (C=O) groups excluding carboxylic acids is 1. The molecule has 1 heterocycles. The van der Waals surface area contributed by atoms with Crippen molar-refractivity contribution in [2.45, 2.75) is 13.0 Å². The van der Waals surface area contributed by atoms with Gasteiger partial charge in [0.1, 0.15) is 5.75 Å². The predicted octanol–water partition coefficient (Wildman–Crippen LogP) is 1.91. The minimum absolute atomic E-state index is 0.164. The minimum atomic E-state index is -0.304. The molecule has 5 nitrogen and oxygen atoms in total. The summed E-state index contributed by atoms with van der Waals surface area (Å²) < 4.78 is 0. The molecule has 0 saturated heterocycles. The third-order valence-electron chi connectivity index (χ3n) is 3.30. The number of hydrogen-bond donors (Lipinski definition) is 2. The van der Waals surface area contributed by atoms with Crippen LogP contribution in [0.3, 0.4) is 0 Å². The molecule has 20 heavy (non-hydrogen) atoms. The Morgan fingerprint density at radius 2 is 1.90 bits per heavy atom. The number of phenols is 1. The molecule has 2 aromatic rings. The highest BCUT2D eigenvalue weighted by molar-refractivity contribution is 5.94. The Bertz CT molecular complexity index is 661. The molecular formula is C15H16N2O3. The lowest BCUT2D eigenvalue weighted by Gasteiger charge is -2.25. The summed E-state index contributed by atoms with van der Waals surface area (Å²) >= 11 is 0. The first-order valence-corrected chi connectivity index (χ1v) is 6.24. The molecule has 2 N–H and O–H groups in total. The van der Waals surface area contributed by atoms with E-state index in [0.29, 0.717) is 5.56 Å². The van der Waals surface area contributed by atoms with Crippen molar-refractivity contribution in [1.29, 1.82) is 0 Å². The maximum absolute atomic E-state index is 12.3. The summed E-state index contributed by atoms with van der Waals surface area (Å²) in [5, 5.41) is 9.28. The van der Waals surface area contributed by atoms with E-state index in [4.69, 9.17) is 0 Å². The van der Waals surface area contributed by atoms with E-state index in [2.05, 4.69) is 4.98 Å². The van der Waals surface area contributed by atoms with Crippen LogP contribution in [-0.4, -0.2) is 27.9 Å². The van der Waals surface area contributed by atoms with E-state index in [9.17, 15) is 14.7 Å². The zero-order valence-electron chi connectivity index (χ0n) is 11.3. The summed E-state index contributed by atoms with van der Waals surface area (Å²) in [4.78, 5) is 27.6. The summed E-state index contributed by atoms with van der Waals surface area (Å²) in [6, 6.07) is 9.38. The fourth-order valence-corrected chi connectivity index (χ4v) is 1.93. The second-order valence-corrected chi connectivity index (χ2v) is 4.63. The normalized spacial score (nSPS) is 11.9. The van der Waals surface area contributed by atoms with Crippen molar-refractivity contribution in [3.05, 3.63) is 64.1 Å². The van der Waals surface area contributed by atoms with Gasteiger partial charge in [-0.05, 0) is 30.7 Å². The van der Waals surface area contributed by atoms with Gasteiger partial charge in [0, 0.05) is 24.9 Å². The maximum Gasteiger partial charge on any atom is 0.254 e. The van der Waals surface area contributed by atoms with Crippen LogP contribution in [0.1, 0.15) is 28.9 Å². The van der Waals surface area contributed by atoms with E-state index in [1.807, 2.05) is 6.92 Å². The van der Waals surface area contributed by atoms with E-state index in [0.717, 1.165) is 5.56 Å². The van der Waals surface area contributed by atoms with Gasteiger partial charge in [0.2, 0.25) is 5.56 Å². The van der Waals surface area contributed by atoms with Gasteiger partial charge in [-0.15, -0.1) is 0 Å². The predicted molar refractivity (Wildman–Crippen MR) is 75.7 cm³/mol.